The van der Waals surface area contributed by atoms with E-state index < -0.39 is 11.9 Å². The fourth-order valence-corrected chi connectivity index (χ4v) is 2.61. The minimum atomic E-state index is -0.784. The lowest BCUT2D eigenvalue weighted by Crippen LogP contribution is -2.19. The minimum absolute atomic E-state index is 0.448. The average molecular weight is 334 g/mol. The summed E-state index contributed by atoms with van der Waals surface area (Å²) >= 11 is 3.41. The van der Waals surface area contributed by atoms with Gasteiger partial charge in [-0.2, -0.15) is 0 Å². The van der Waals surface area contributed by atoms with Crippen molar-refractivity contribution in [2.75, 3.05) is 0 Å². The molecular formula is C16H16BrNO2. The molecule has 0 saturated carbocycles. The van der Waals surface area contributed by atoms with Gasteiger partial charge in [0.1, 0.15) is 0 Å². The normalized spacial score (nSPS) is 12.1. The van der Waals surface area contributed by atoms with E-state index in [-0.39, 0.29) is 0 Å². The second-order valence-electron chi connectivity index (χ2n) is 4.84. The number of benzene rings is 1. The first kappa shape index (κ1) is 14.7. The summed E-state index contributed by atoms with van der Waals surface area (Å²) in [6, 6.07) is 13.5. The molecule has 1 unspecified atom stereocenters. The topological polar surface area (TPSA) is 50.2 Å². The highest BCUT2D eigenvalue weighted by atomic mass is 79.9. The van der Waals surface area contributed by atoms with Crippen LogP contribution in [0.2, 0.25) is 0 Å². The molecule has 1 atom stereocenters. The molecule has 1 aromatic carbocycles. The molecule has 2 aromatic rings. The second-order valence-corrected chi connectivity index (χ2v) is 5.76. The Hall–Kier alpha value is -1.68. The van der Waals surface area contributed by atoms with Gasteiger partial charge in [-0.3, -0.25) is 9.78 Å². The predicted molar refractivity (Wildman–Crippen MR) is 81.6 cm³/mol. The number of halogens is 1. The highest BCUT2D eigenvalue weighted by Crippen LogP contribution is 2.18. The third-order valence-electron chi connectivity index (χ3n) is 3.12. The lowest BCUT2D eigenvalue weighted by atomic mass is 9.94. The van der Waals surface area contributed by atoms with Crippen molar-refractivity contribution in [1.82, 2.24) is 4.98 Å². The Morgan fingerprint density at radius 2 is 2.00 bits per heavy atom. The average Bonchev–Trinajstić information content (AvgIpc) is 2.38. The Morgan fingerprint density at radius 3 is 2.65 bits per heavy atom. The molecular weight excluding hydrogens is 318 g/mol. The van der Waals surface area contributed by atoms with Crippen molar-refractivity contribution in [3.05, 3.63) is 63.9 Å². The Bertz CT molecular complexity index is 565. The molecule has 104 valence electrons. The third-order valence-corrected chi connectivity index (χ3v) is 3.62. The van der Waals surface area contributed by atoms with Crippen LogP contribution in [0.4, 0.5) is 0 Å². The lowest BCUT2D eigenvalue weighted by Gasteiger charge is -2.12. The molecule has 20 heavy (non-hydrogen) atoms. The number of aromatic nitrogens is 1. The van der Waals surface area contributed by atoms with Gasteiger partial charge >= 0.3 is 5.97 Å². The fourth-order valence-electron chi connectivity index (χ4n) is 2.16. The van der Waals surface area contributed by atoms with Crippen LogP contribution in [-0.4, -0.2) is 16.1 Å². The number of aliphatic carboxylic acids is 1. The predicted octanol–water partition coefficient (Wildman–Crippen LogP) is 3.64. The summed E-state index contributed by atoms with van der Waals surface area (Å²) in [5, 5.41) is 9.39. The van der Waals surface area contributed by atoms with Crippen molar-refractivity contribution in [3.8, 4) is 0 Å². The molecule has 3 nitrogen and oxygen atoms in total. The summed E-state index contributed by atoms with van der Waals surface area (Å²) in [6.07, 6.45) is 0.952. The molecule has 0 fully saturated rings. The van der Waals surface area contributed by atoms with Crippen LogP contribution in [0.25, 0.3) is 0 Å². The highest BCUT2D eigenvalue weighted by Gasteiger charge is 2.19. The molecule has 1 heterocycles. The summed E-state index contributed by atoms with van der Waals surface area (Å²) in [6.45, 7) is 1.91. The Labute approximate surface area is 126 Å². The van der Waals surface area contributed by atoms with Crippen LogP contribution in [0.3, 0.4) is 0 Å². The molecule has 0 spiro atoms. The number of nitrogens with zero attached hydrogens (tertiary/aromatic N) is 1. The summed E-state index contributed by atoms with van der Waals surface area (Å²) in [4.78, 5) is 15.8. The number of rotatable bonds is 5. The molecule has 0 aliphatic rings. The summed E-state index contributed by atoms with van der Waals surface area (Å²) < 4.78 is 0.966. The quantitative estimate of drug-likeness (QED) is 0.908. The zero-order valence-corrected chi connectivity index (χ0v) is 12.8. The standard InChI is InChI=1S/C16H16BrNO2/c1-11-4-2-7-15(18-11)10-13(16(19)20)8-12-5-3-6-14(17)9-12/h2-7,9,13H,8,10H2,1H3,(H,19,20). The fraction of sp³-hybridized carbons (Fsp3) is 0.250. The number of pyridine rings is 1. The van der Waals surface area contributed by atoms with Crippen molar-refractivity contribution in [1.29, 1.82) is 0 Å². The number of carbonyl (C=O) groups is 1. The Morgan fingerprint density at radius 1 is 1.25 bits per heavy atom. The molecule has 1 N–H and O–H groups in total. The number of carboxylic acids is 1. The molecule has 0 bridgehead atoms. The molecule has 0 saturated heterocycles. The van der Waals surface area contributed by atoms with E-state index >= 15 is 0 Å². The van der Waals surface area contributed by atoms with Gasteiger partial charge in [-0.05, 0) is 43.2 Å². The van der Waals surface area contributed by atoms with Crippen molar-refractivity contribution in [2.24, 2.45) is 5.92 Å². The van der Waals surface area contributed by atoms with Gasteiger partial charge in [0, 0.05) is 22.3 Å². The van der Waals surface area contributed by atoms with Crippen molar-refractivity contribution >= 4 is 21.9 Å². The first-order valence-corrected chi connectivity index (χ1v) is 7.23. The van der Waals surface area contributed by atoms with Crippen LogP contribution < -0.4 is 0 Å². The highest BCUT2D eigenvalue weighted by molar-refractivity contribution is 9.10. The van der Waals surface area contributed by atoms with Crippen molar-refractivity contribution in [2.45, 2.75) is 19.8 Å². The minimum Gasteiger partial charge on any atom is -0.481 e. The van der Waals surface area contributed by atoms with Crippen molar-refractivity contribution < 1.29 is 9.90 Å². The van der Waals surface area contributed by atoms with Crippen LogP contribution in [0.1, 0.15) is 17.0 Å². The smallest absolute Gasteiger partial charge is 0.307 e. The van der Waals surface area contributed by atoms with Gasteiger partial charge in [0.15, 0.2) is 0 Å². The van der Waals surface area contributed by atoms with Gasteiger partial charge in [-0.1, -0.05) is 34.1 Å². The van der Waals surface area contributed by atoms with Gasteiger partial charge in [-0.25, -0.2) is 0 Å². The summed E-state index contributed by atoms with van der Waals surface area (Å²) in [7, 11) is 0. The lowest BCUT2D eigenvalue weighted by molar-refractivity contribution is -0.141. The van der Waals surface area contributed by atoms with Crippen LogP contribution in [0.15, 0.2) is 46.9 Å². The van der Waals surface area contributed by atoms with Gasteiger partial charge in [-0.15, -0.1) is 0 Å². The van der Waals surface area contributed by atoms with E-state index in [1.165, 1.54) is 0 Å². The third kappa shape index (κ3) is 4.17. The van der Waals surface area contributed by atoms with Crippen LogP contribution >= 0.6 is 15.9 Å². The summed E-state index contributed by atoms with van der Waals surface area (Å²) in [5.74, 6) is -1.24. The van der Waals surface area contributed by atoms with E-state index in [1.807, 2.05) is 49.4 Å². The van der Waals surface area contributed by atoms with Crippen LogP contribution in [0, 0.1) is 12.8 Å². The number of hydrogen-bond donors (Lipinski definition) is 1. The van der Waals surface area contributed by atoms with E-state index in [2.05, 4.69) is 20.9 Å². The molecule has 0 aliphatic heterocycles. The molecule has 1 aromatic heterocycles. The van der Waals surface area contributed by atoms with Crippen LogP contribution in [-0.2, 0) is 17.6 Å². The van der Waals surface area contributed by atoms with E-state index in [0.717, 1.165) is 21.4 Å². The molecule has 4 heteroatoms. The van der Waals surface area contributed by atoms with E-state index in [4.69, 9.17) is 0 Å². The Balaban J connectivity index is 2.13. The monoisotopic (exact) mass is 333 g/mol. The number of carboxylic acid groups (broad SMARTS) is 1. The Kier molecular flexibility index (Phi) is 4.90. The maximum absolute atomic E-state index is 11.4. The maximum atomic E-state index is 11.4. The SMILES string of the molecule is Cc1cccc(CC(Cc2cccc(Br)c2)C(=O)O)n1. The van der Waals surface area contributed by atoms with Crippen molar-refractivity contribution in [3.63, 3.8) is 0 Å². The zero-order valence-electron chi connectivity index (χ0n) is 11.2. The molecule has 0 amide bonds. The van der Waals surface area contributed by atoms with Gasteiger partial charge in [0.25, 0.3) is 0 Å². The number of hydrogen-bond acceptors (Lipinski definition) is 2. The van der Waals surface area contributed by atoms with Gasteiger partial charge in [0.2, 0.25) is 0 Å². The zero-order chi connectivity index (χ0) is 14.5. The molecule has 0 radical (unpaired) electrons. The largest absolute Gasteiger partial charge is 0.481 e. The first-order chi connectivity index (χ1) is 9.54. The first-order valence-electron chi connectivity index (χ1n) is 6.44. The maximum Gasteiger partial charge on any atom is 0.307 e. The van der Waals surface area contributed by atoms with Gasteiger partial charge < -0.3 is 5.11 Å². The van der Waals surface area contributed by atoms with E-state index in [0.29, 0.717) is 12.8 Å². The number of aryl methyl sites for hydroxylation is 1. The van der Waals surface area contributed by atoms with E-state index in [9.17, 15) is 9.90 Å². The second kappa shape index (κ2) is 6.66. The van der Waals surface area contributed by atoms with E-state index in [1.54, 1.807) is 0 Å². The van der Waals surface area contributed by atoms with Crippen LogP contribution in [0.5, 0.6) is 0 Å². The molecule has 0 aliphatic carbocycles. The summed E-state index contributed by atoms with van der Waals surface area (Å²) in [5.41, 5.74) is 2.75. The molecule has 2 rings (SSSR count). The van der Waals surface area contributed by atoms with Gasteiger partial charge in [0.05, 0.1) is 5.92 Å².